The number of piperazine rings is 1. The molecule has 1 aliphatic heterocycles. The fourth-order valence-corrected chi connectivity index (χ4v) is 2.45. The minimum atomic E-state index is -0.521. The molecule has 0 saturated carbocycles. The second-order valence-corrected chi connectivity index (χ2v) is 5.48. The van der Waals surface area contributed by atoms with E-state index >= 15 is 0 Å². The molecule has 1 aromatic rings. The van der Waals surface area contributed by atoms with Crippen LogP contribution in [-0.4, -0.2) is 28.8 Å². The van der Waals surface area contributed by atoms with Gasteiger partial charge >= 0.3 is 0 Å². The van der Waals surface area contributed by atoms with E-state index in [0.717, 1.165) is 5.56 Å². The lowest BCUT2D eigenvalue weighted by Gasteiger charge is -2.36. The first kappa shape index (κ1) is 14.0. The van der Waals surface area contributed by atoms with E-state index < -0.39 is 12.1 Å². The quantitative estimate of drug-likeness (QED) is 0.900. The van der Waals surface area contributed by atoms with Crippen LogP contribution in [0.25, 0.3) is 0 Å². The van der Waals surface area contributed by atoms with Gasteiger partial charge in [-0.25, -0.2) is 4.39 Å². The van der Waals surface area contributed by atoms with E-state index in [4.69, 9.17) is 0 Å². The first-order valence-electron chi connectivity index (χ1n) is 5.95. The smallest absolute Gasteiger partial charge is 0.245 e. The predicted molar refractivity (Wildman–Crippen MR) is 71.7 cm³/mol. The average Bonchev–Trinajstić information content (AvgIpc) is 2.36. The summed E-state index contributed by atoms with van der Waals surface area (Å²) in [5, 5.41) is 2.62. The number of nitrogens with zero attached hydrogens (tertiary/aromatic N) is 1. The van der Waals surface area contributed by atoms with Crippen molar-refractivity contribution in [2.24, 2.45) is 0 Å². The molecule has 2 unspecified atom stereocenters. The minimum absolute atomic E-state index is 0.132. The van der Waals surface area contributed by atoms with Crippen LogP contribution in [-0.2, 0) is 16.1 Å². The highest BCUT2D eigenvalue weighted by atomic mass is 79.9. The normalized spacial score (nSPS) is 23.5. The van der Waals surface area contributed by atoms with Gasteiger partial charge in [0.05, 0.1) is 4.47 Å². The highest BCUT2D eigenvalue weighted by molar-refractivity contribution is 9.10. The Morgan fingerprint density at radius 1 is 1.37 bits per heavy atom. The van der Waals surface area contributed by atoms with Gasteiger partial charge in [-0.1, -0.05) is 6.07 Å². The molecular formula is C13H14BrFN2O2. The Bertz CT molecular complexity index is 535. The van der Waals surface area contributed by atoms with E-state index in [2.05, 4.69) is 21.2 Å². The van der Waals surface area contributed by atoms with Crippen LogP contribution in [0, 0.1) is 5.82 Å². The molecule has 4 nitrogen and oxygen atoms in total. The molecule has 0 radical (unpaired) electrons. The number of benzene rings is 1. The zero-order chi connectivity index (χ0) is 14.2. The maximum absolute atomic E-state index is 13.2. The van der Waals surface area contributed by atoms with Crippen LogP contribution in [0.2, 0.25) is 0 Å². The summed E-state index contributed by atoms with van der Waals surface area (Å²) in [5.74, 6) is -0.659. The van der Waals surface area contributed by atoms with Gasteiger partial charge in [-0.05, 0) is 47.5 Å². The van der Waals surface area contributed by atoms with Crippen molar-refractivity contribution in [1.82, 2.24) is 10.2 Å². The first-order chi connectivity index (χ1) is 8.90. The van der Waals surface area contributed by atoms with Gasteiger partial charge in [0.2, 0.25) is 11.8 Å². The molecule has 19 heavy (non-hydrogen) atoms. The second kappa shape index (κ2) is 5.28. The van der Waals surface area contributed by atoms with Gasteiger partial charge in [0.1, 0.15) is 17.9 Å². The Morgan fingerprint density at radius 2 is 2.05 bits per heavy atom. The lowest BCUT2D eigenvalue weighted by Crippen LogP contribution is -2.60. The van der Waals surface area contributed by atoms with Crippen molar-refractivity contribution in [3.63, 3.8) is 0 Å². The largest absolute Gasteiger partial charge is 0.343 e. The van der Waals surface area contributed by atoms with Crippen molar-refractivity contribution < 1.29 is 14.0 Å². The van der Waals surface area contributed by atoms with Crippen LogP contribution in [0.5, 0.6) is 0 Å². The topological polar surface area (TPSA) is 49.4 Å². The van der Waals surface area contributed by atoms with Crippen molar-refractivity contribution in [1.29, 1.82) is 0 Å². The van der Waals surface area contributed by atoms with E-state index in [9.17, 15) is 14.0 Å². The monoisotopic (exact) mass is 328 g/mol. The summed E-state index contributed by atoms with van der Waals surface area (Å²) in [5.41, 5.74) is 0.773. The molecule has 1 saturated heterocycles. The molecule has 0 spiro atoms. The molecule has 0 aromatic heterocycles. The Balaban J connectivity index is 2.22. The van der Waals surface area contributed by atoms with Crippen molar-refractivity contribution >= 4 is 27.7 Å². The molecule has 1 aromatic carbocycles. The first-order valence-corrected chi connectivity index (χ1v) is 6.74. The number of nitrogens with one attached hydrogen (secondary N) is 1. The average molecular weight is 329 g/mol. The van der Waals surface area contributed by atoms with Gasteiger partial charge < -0.3 is 10.2 Å². The zero-order valence-corrected chi connectivity index (χ0v) is 12.2. The third-order valence-electron chi connectivity index (χ3n) is 3.20. The SMILES string of the molecule is CC1NC(=O)C(C)N(Cc2ccc(F)c(Br)c2)C1=O. The van der Waals surface area contributed by atoms with Crippen molar-refractivity contribution in [3.8, 4) is 0 Å². The fraction of sp³-hybridized carbons (Fsp3) is 0.385. The molecule has 1 fully saturated rings. The fourth-order valence-electron chi connectivity index (χ4n) is 2.03. The highest BCUT2D eigenvalue weighted by Crippen LogP contribution is 2.20. The van der Waals surface area contributed by atoms with E-state index in [0.29, 0.717) is 4.47 Å². The molecule has 102 valence electrons. The molecule has 2 rings (SSSR count). The van der Waals surface area contributed by atoms with Crippen LogP contribution < -0.4 is 5.32 Å². The number of halogens is 2. The number of carbonyl (C=O) groups is 2. The zero-order valence-electron chi connectivity index (χ0n) is 10.6. The maximum Gasteiger partial charge on any atom is 0.245 e. The van der Waals surface area contributed by atoms with Crippen molar-refractivity contribution in [2.45, 2.75) is 32.5 Å². The van der Waals surface area contributed by atoms with E-state index in [1.807, 2.05) is 0 Å². The molecule has 1 heterocycles. The number of hydrogen-bond donors (Lipinski definition) is 1. The lowest BCUT2D eigenvalue weighted by molar-refractivity contribution is -0.148. The van der Waals surface area contributed by atoms with Gasteiger partial charge in [0, 0.05) is 6.54 Å². The summed E-state index contributed by atoms with van der Waals surface area (Å²) in [6.07, 6.45) is 0. The molecule has 6 heteroatoms. The van der Waals surface area contributed by atoms with Gasteiger partial charge in [-0.15, -0.1) is 0 Å². The van der Waals surface area contributed by atoms with Gasteiger partial charge in [0.25, 0.3) is 0 Å². The van der Waals surface area contributed by atoms with Crippen LogP contribution >= 0.6 is 15.9 Å². The van der Waals surface area contributed by atoms with Crippen LogP contribution in [0.3, 0.4) is 0 Å². The summed E-state index contributed by atoms with van der Waals surface area (Å²) in [6.45, 7) is 3.62. The summed E-state index contributed by atoms with van der Waals surface area (Å²) in [6, 6.07) is 3.52. The van der Waals surface area contributed by atoms with Crippen LogP contribution in [0.15, 0.2) is 22.7 Å². The molecule has 1 N–H and O–H groups in total. The van der Waals surface area contributed by atoms with Crippen LogP contribution in [0.4, 0.5) is 4.39 Å². The Hall–Kier alpha value is -1.43. The van der Waals surface area contributed by atoms with Crippen molar-refractivity contribution in [3.05, 3.63) is 34.1 Å². The summed E-state index contributed by atoms with van der Waals surface area (Å²) < 4.78 is 13.5. The number of rotatable bonds is 2. The summed E-state index contributed by atoms with van der Waals surface area (Å²) >= 11 is 3.11. The Morgan fingerprint density at radius 3 is 2.68 bits per heavy atom. The van der Waals surface area contributed by atoms with E-state index in [1.165, 1.54) is 11.0 Å². The molecule has 2 atom stereocenters. The molecule has 2 amide bonds. The molecule has 1 aliphatic rings. The number of amides is 2. The number of carbonyl (C=O) groups excluding carboxylic acids is 2. The van der Waals surface area contributed by atoms with Crippen LogP contribution in [0.1, 0.15) is 19.4 Å². The second-order valence-electron chi connectivity index (χ2n) is 4.62. The standard InChI is InChI=1S/C13H14BrFN2O2/c1-7-13(19)17(8(2)12(18)16-7)6-9-3-4-11(15)10(14)5-9/h3-5,7-8H,6H2,1-2H3,(H,16,18). The lowest BCUT2D eigenvalue weighted by atomic mass is 10.1. The van der Waals surface area contributed by atoms with E-state index in [1.54, 1.807) is 26.0 Å². The maximum atomic E-state index is 13.2. The van der Waals surface area contributed by atoms with Gasteiger partial charge in [0.15, 0.2) is 0 Å². The molecule has 0 aliphatic carbocycles. The molecule has 0 bridgehead atoms. The van der Waals surface area contributed by atoms with E-state index in [-0.39, 0.29) is 24.2 Å². The Labute approximate surface area is 119 Å². The number of hydrogen-bond acceptors (Lipinski definition) is 2. The van der Waals surface area contributed by atoms with Gasteiger partial charge in [-0.3, -0.25) is 9.59 Å². The summed E-state index contributed by atoms with van der Waals surface area (Å²) in [4.78, 5) is 25.3. The molecular weight excluding hydrogens is 315 g/mol. The predicted octanol–water partition coefficient (Wildman–Crippen LogP) is 1.82. The third-order valence-corrected chi connectivity index (χ3v) is 3.80. The van der Waals surface area contributed by atoms with Gasteiger partial charge in [-0.2, -0.15) is 0 Å². The minimum Gasteiger partial charge on any atom is -0.343 e. The Kier molecular flexibility index (Phi) is 3.89. The van der Waals surface area contributed by atoms with Crippen molar-refractivity contribution in [2.75, 3.05) is 0 Å². The summed E-state index contributed by atoms with van der Waals surface area (Å²) in [7, 11) is 0. The third kappa shape index (κ3) is 2.78. The highest BCUT2D eigenvalue weighted by Gasteiger charge is 2.35.